The third-order valence-electron chi connectivity index (χ3n) is 3.83. The normalized spacial score (nSPS) is 11.0. The highest BCUT2D eigenvalue weighted by atomic mass is 19.2. The van der Waals surface area contributed by atoms with E-state index in [0.717, 1.165) is 22.8 Å². The van der Waals surface area contributed by atoms with Crippen LogP contribution in [0.2, 0.25) is 0 Å². The molecule has 0 N–H and O–H groups in total. The predicted octanol–water partition coefficient (Wildman–Crippen LogP) is 6.05. The molecule has 0 atom stereocenters. The quantitative estimate of drug-likeness (QED) is 0.439. The first kappa shape index (κ1) is 13.7. The fourth-order valence-corrected chi connectivity index (χ4v) is 2.78. The van der Waals surface area contributed by atoms with Gasteiger partial charge in [0.05, 0.1) is 0 Å². The van der Waals surface area contributed by atoms with Crippen molar-refractivity contribution in [1.29, 1.82) is 0 Å². The summed E-state index contributed by atoms with van der Waals surface area (Å²) in [7, 11) is 0. The number of hydrogen-bond donors (Lipinski definition) is 0. The maximum absolute atomic E-state index is 13.7. The molecule has 1 nitrogen and oxygen atoms in total. The topological polar surface area (TPSA) is 13.1 Å². The minimum Gasteiger partial charge on any atom is -0.455 e. The first-order valence-corrected chi connectivity index (χ1v) is 7.26. The third kappa shape index (κ3) is 2.30. The second kappa shape index (κ2) is 5.36. The smallest absolute Gasteiger partial charge is 0.162 e. The molecule has 0 amide bonds. The summed E-state index contributed by atoms with van der Waals surface area (Å²) in [5.74, 6) is -1.18. The first-order chi connectivity index (χ1) is 11.2. The fourth-order valence-electron chi connectivity index (χ4n) is 2.78. The Hall–Kier alpha value is -2.94. The van der Waals surface area contributed by atoms with E-state index in [2.05, 4.69) is 0 Å². The van der Waals surface area contributed by atoms with Crippen LogP contribution in [0.15, 0.2) is 77.2 Å². The second-order valence-corrected chi connectivity index (χ2v) is 5.30. The standard InChI is InChI=1S/C20H12F2O/c21-16-11-15-18(12-17(16)22)23-20(14-9-5-2-6-10-14)19(15)13-7-3-1-4-8-13/h1-12H. The number of benzene rings is 3. The Morgan fingerprint density at radius 2 is 1.22 bits per heavy atom. The summed E-state index contributed by atoms with van der Waals surface area (Å²) in [4.78, 5) is 0. The van der Waals surface area contributed by atoms with Crippen molar-refractivity contribution in [3.63, 3.8) is 0 Å². The lowest BCUT2D eigenvalue weighted by molar-refractivity contribution is 0.507. The molecular weight excluding hydrogens is 294 g/mol. The van der Waals surface area contributed by atoms with Crippen LogP contribution in [0.3, 0.4) is 0 Å². The zero-order valence-electron chi connectivity index (χ0n) is 12.1. The molecule has 0 aliphatic heterocycles. The van der Waals surface area contributed by atoms with Crippen LogP contribution in [-0.4, -0.2) is 0 Å². The molecule has 23 heavy (non-hydrogen) atoms. The van der Waals surface area contributed by atoms with Crippen LogP contribution in [0, 0.1) is 11.6 Å². The molecule has 4 rings (SSSR count). The lowest BCUT2D eigenvalue weighted by atomic mass is 9.98. The van der Waals surface area contributed by atoms with Gasteiger partial charge in [-0.15, -0.1) is 0 Å². The van der Waals surface area contributed by atoms with E-state index < -0.39 is 11.6 Å². The van der Waals surface area contributed by atoms with Crippen molar-refractivity contribution in [1.82, 2.24) is 0 Å². The summed E-state index contributed by atoms with van der Waals surface area (Å²) in [5.41, 5.74) is 2.87. The van der Waals surface area contributed by atoms with E-state index >= 15 is 0 Å². The van der Waals surface area contributed by atoms with E-state index in [-0.39, 0.29) is 0 Å². The molecule has 0 bridgehead atoms. The summed E-state index contributed by atoms with van der Waals surface area (Å²) in [6.07, 6.45) is 0. The van der Waals surface area contributed by atoms with Crippen LogP contribution >= 0.6 is 0 Å². The van der Waals surface area contributed by atoms with Gasteiger partial charge < -0.3 is 4.42 Å². The van der Waals surface area contributed by atoms with Crippen LogP contribution < -0.4 is 0 Å². The van der Waals surface area contributed by atoms with Crippen LogP contribution in [0.5, 0.6) is 0 Å². The number of rotatable bonds is 2. The highest BCUT2D eigenvalue weighted by Gasteiger charge is 2.19. The molecule has 0 aliphatic carbocycles. The lowest BCUT2D eigenvalue weighted by Gasteiger charge is -2.03. The van der Waals surface area contributed by atoms with Crippen LogP contribution in [0.4, 0.5) is 8.78 Å². The van der Waals surface area contributed by atoms with Crippen molar-refractivity contribution in [2.45, 2.75) is 0 Å². The molecule has 0 saturated heterocycles. The van der Waals surface area contributed by atoms with Crippen LogP contribution in [-0.2, 0) is 0 Å². The summed E-state index contributed by atoms with van der Waals surface area (Å²) in [5, 5.41) is 0.564. The summed E-state index contributed by atoms with van der Waals surface area (Å²) in [6.45, 7) is 0. The molecule has 1 aromatic heterocycles. The molecule has 112 valence electrons. The lowest BCUT2D eigenvalue weighted by Crippen LogP contribution is -1.84. The monoisotopic (exact) mass is 306 g/mol. The van der Waals surface area contributed by atoms with E-state index in [1.165, 1.54) is 6.07 Å². The minimum atomic E-state index is -0.912. The van der Waals surface area contributed by atoms with Crippen LogP contribution in [0.1, 0.15) is 0 Å². The third-order valence-corrected chi connectivity index (χ3v) is 3.83. The Morgan fingerprint density at radius 3 is 1.87 bits per heavy atom. The zero-order chi connectivity index (χ0) is 15.8. The minimum absolute atomic E-state index is 0.335. The van der Waals surface area contributed by atoms with Crippen molar-refractivity contribution in [3.05, 3.63) is 84.4 Å². The van der Waals surface area contributed by atoms with Crippen molar-refractivity contribution in [3.8, 4) is 22.5 Å². The number of halogens is 2. The van der Waals surface area contributed by atoms with E-state index in [0.29, 0.717) is 16.7 Å². The van der Waals surface area contributed by atoms with Crippen molar-refractivity contribution in [2.24, 2.45) is 0 Å². The van der Waals surface area contributed by atoms with Gasteiger partial charge in [-0.1, -0.05) is 60.7 Å². The van der Waals surface area contributed by atoms with Gasteiger partial charge in [-0.2, -0.15) is 0 Å². The van der Waals surface area contributed by atoms with Gasteiger partial charge in [0.25, 0.3) is 0 Å². The molecule has 0 fully saturated rings. The Bertz CT molecular complexity index is 973. The predicted molar refractivity (Wildman–Crippen MR) is 87.0 cm³/mol. The van der Waals surface area contributed by atoms with E-state index in [4.69, 9.17) is 4.42 Å². The highest BCUT2D eigenvalue weighted by Crippen LogP contribution is 2.41. The van der Waals surface area contributed by atoms with E-state index in [1.54, 1.807) is 0 Å². The Kier molecular flexibility index (Phi) is 3.19. The van der Waals surface area contributed by atoms with Crippen LogP contribution in [0.25, 0.3) is 33.4 Å². The second-order valence-electron chi connectivity index (χ2n) is 5.30. The van der Waals surface area contributed by atoms with E-state index in [9.17, 15) is 8.78 Å². The van der Waals surface area contributed by atoms with Gasteiger partial charge in [0.1, 0.15) is 11.3 Å². The van der Waals surface area contributed by atoms with Crippen molar-refractivity contribution < 1.29 is 13.2 Å². The Labute approximate surface area is 131 Å². The average molecular weight is 306 g/mol. The molecule has 3 aromatic carbocycles. The maximum Gasteiger partial charge on any atom is 0.162 e. The largest absolute Gasteiger partial charge is 0.455 e. The van der Waals surface area contributed by atoms with Crippen molar-refractivity contribution >= 4 is 11.0 Å². The van der Waals surface area contributed by atoms with Gasteiger partial charge in [0.15, 0.2) is 11.6 Å². The SMILES string of the molecule is Fc1cc2oc(-c3ccccc3)c(-c3ccccc3)c2cc1F. The molecule has 4 aromatic rings. The fraction of sp³-hybridized carbons (Fsp3) is 0. The first-order valence-electron chi connectivity index (χ1n) is 7.26. The Morgan fingerprint density at radius 1 is 0.652 bits per heavy atom. The summed E-state index contributed by atoms with van der Waals surface area (Å²) in [6, 6.07) is 21.4. The van der Waals surface area contributed by atoms with Gasteiger partial charge >= 0.3 is 0 Å². The molecule has 0 aliphatic rings. The molecule has 0 unspecified atom stereocenters. The zero-order valence-corrected chi connectivity index (χ0v) is 12.1. The number of furan rings is 1. The molecular formula is C20H12F2O. The average Bonchev–Trinajstić information content (AvgIpc) is 2.95. The maximum atomic E-state index is 13.7. The molecule has 0 spiro atoms. The van der Waals surface area contributed by atoms with E-state index in [1.807, 2.05) is 60.7 Å². The van der Waals surface area contributed by atoms with Gasteiger partial charge in [0.2, 0.25) is 0 Å². The highest BCUT2D eigenvalue weighted by molar-refractivity contribution is 6.01. The summed E-state index contributed by atoms with van der Waals surface area (Å²) >= 11 is 0. The number of hydrogen-bond acceptors (Lipinski definition) is 1. The van der Waals surface area contributed by atoms with Gasteiger partial charge in [-0.3, -0.25) is 0 Å². The summed E-state index contributed by atoms with van der Waals surface area (Å²) < 4.78 is 33.2. The molecule has 1 heterocycles. The van der Waals surface area contributed by atoms with Crippen molar-refractivity contribution in [2.75, 3.05) is 0 Å². The van der Waals surface area contributed by atoms with Gasteiger partial charge in [0, 0.05) is 22.6 Å². The molecule has 3 heteroatoms. The number of fused-ring (bicyclic) bond motifs is 1. The molecule has 0 radical (unpaired) electrons. The molecule has 0 saturated carbocycles. The van der Waals surface area contributed by atoms with Gasteiger partial charge in [-0.25, -0.2) is 8.78 Å². The Balaban J connectivity index is 2.09. The van der Waals surface area contributed by atoms with Gasteiger partial charge in [-0.05, 0) is 11.6 Å².